The number of hydrogen-bond donors (Lipinski definition) is 0. The molecule has 1 aromatic rings. The molecule has 0 spiro atoms. The molecule has 0 bridgehead atoms. The normalized spacial score (nSPS) is 14.0. The summed E-state index contributed by atoms with van der Waals surface area (Å²) in [6.45, 7) is 6.87. The number of nitrogens with zero attached hydrogens (tertiary/aromatic N) is 1. The van der Waals surface area contributed by atoms with Crippen LogP contribution >= 0.6 is 23.8 Å². The standard InChI is InChI=1S/C15H17ClFNO2S/c1-14(2,3)13(19)20-8-15(4,18-9-21)10-5-6-11(16)12(17)7-10/h5-7H,8H2,1-4H3. The number of carbonyl (C=O) groups is 1. The molecule has 0 heterocycles. The molecular weight excluding hydrogens is 313 g/mol. The van der Waals surface area contributed by atoms with Crippen molar-refractivity contribution in [2.24, 2.45) is 10.4 Å². The summed E-state index contributed by atoms with van der Waals surface area (Å²) >= 11 is 10.3. The fourth-order valence-corrected chi connectivity index (χ4v) is 1.85. The largest absolute Gasteiger partial charge is 0.462 e. The molecule has 6 heteroatoms. The van der Waals surface area contributed by atoms with Crippen molar-refractivity contribution in [1.82, 2.24) is 0 Å². The van der Waals surface area contributed by atoms with Gasteiger partial charge in [-0.2, -0.15) is 0 Å². The Hall–Kier alpha value is -1.29. The van der Waals surface area contributed by atoms with E-state index in [0.717, 1.165) is 0 Å². The van der Waals surface area contributed by atoms with Crippen LogP contribution in [-0.2, 0) is 15.1 Å². The quantitative estimate of drug-likeness (QED) is 0.467. The van der Waals surface area contributed by atoms with Crippen LogP contribution in [0, 0.1) is 11.2 Å². The first-order valence-electron chi connectivity index (χ1n) is 6.32. The predicted molar refractivity (Wildman–Crippen MR) is 84.2 cm³/mol. The number of isothiocyanates is 1. The molecule has 0 amide bonds. The van der Waals surface area contributed by atoms with Crippen molar-refractivity contribution in [2.75, 3.05) is 6.61 Å². The van der Waals surface area contributed by atoms with Crippen LogP contribution in [0.15, 0.2) is 23.2 Å². The highest BCUT2D eigenvalue weighted by molar-refractivity contribution is 7.78. The molecule has 21 heavy (non-hydrogen) atoms. The highest BCUT2D eigenvalue weighted by atomic mass is 35.5. The molecule has 0 fully saturated rings. The number of benzene rings is 1. The van der Waals surface area contributed by atoms with Crippen LogP contribution in [-0.4, -0.2) is 17.7 Å². The van der Waals surface area contributed by atoms with E-state index in [0.29, 0.717) is 5.56 Å². The minimum Gasteiger partial charge on any atom is -0.462 e. The second-order valence-electron chi connectivity index (χ2n) is 5.93. The van der Waals surface area contributed by atoms with E-state index in [2.05, 4.69) is 22.4 Å². The first-order valence-corrected chi connectivity index (χ1v) is 7.10. The molecule has 1 rings (SSSR count). The van der Waals surface area contributed by atoms with E-state index in [1.165, 1.54) is 12.1 Å². The molecule has 0 radical (unpaired) electrons. The lowest BCUT2D eigenvalue weighted by Crippen LogP contribution is -2.32. The molecule has 0 saturated heterocycles. The maximum atomic E-state index is 13.6. The van der Waals surface area contributed by atoms with Gasteiger partial charge in [0.1, 0.15) is 18.0 Å². The number of aliphatic imine (C=N–C) groups is 1. The molecule has 0 aliphatic heterocycles. The molecule has 0 saturated carbocycles. The summed E-state index contributed by atoms with van der Waals surface area (Å²) in [4.78, 5) is 15.9. The highest BCUT2D eigenvalue weighted by Crippen LogP contribution is 2.29. The Balaban J connectivity index is 3.06. The minimum absolute atomic E-state index is 0.0131. The monoisotopic (exact) mass is 329 g/mol. The Kier molecular flexibility index (Phi) is 5.62. The zero-order valence-electron chi connectivity index (χ0n) is 12.4. The van der Waals surface area contributed by atoms with Crippen LogP contribution < -0.4 is 0 Å². The van der Waals surface area contributed by atoms with Gasteiger partial charge in [-0.3, -0.25) is 4.79 Å². The van der Waals surface area contributed by atoms with E-state index in [9.17, 15) is 9.18 Å². The Morgan fingerprint density at radius 3 is 2.52 bits per heavy atom. The third-order valence-electron chi connectivity index (χ3n) is 2.93. The number of carbonyl (C=O) groups excluding carboxylic acids is 1. The third-order valence-corrected chi connectivity index (χ3v) is 3.33. The summed E-state index contributed by atoms with van der Waals surface area (Å²) in [5, 5.41) is 2.28. The highest BCUT2D eigenvalue weighted by Gasteiger charge is 2.31. The van der Waals surface area contributed by atoms with Crippen molar-refractivity contribution in [3.8, 4) is 0 Å². The van der Waals surface area contributed by atoms with Crippen LogP contribution in [0.1, 0.15) is 33.3 Å². The summed E-state index contributed by atoms with van der Waals surface area (Å²) in [5.74, 6) is -0.940. The van der Waals surface area contributed by atoms with Gasteiger partial charge in [-0.05, 0) is 57.6 Å². The van der Waals surface area contributed by atoms with E-state index in [1.54, 1.807) is 33.8 Å². The van der Waals surface area contributed by atoms with Gasteiger partial charge in [0.15, 0.2) is 0 Å². The molecule has 0 N–H and O–H groups in total. The Morgan fingerprint density at radius 2 is 2.05 bits per heavy atom. The van der Waals surface area contributed by atoms with Gasteiger partial charge < -0.3 is 4.74 Å². The van der Waals surface area contributed by atoms with Crippen molar-refractivity contribution in [2.45, 2.75) is 33.2 Å². The number of halogens is 2. The molecule has 0 aliphatic rings. The average molecular weight is 330 g/mol. The Labute approximate surface area is 134 Å². The van der Waals surface area contributed by atoms with E-state index < -0.39 is 16.8 Å². The second-order valence-corrected chi connectivity index (χ2v) is 6.52. The summed E-state index contributed by atoms with van der Waals surface area (Å²) < 4.78 is 18.9. The second kappa shape index (κ2) is 6.65. The van der Waals surface area contributed by atoms with Gasteiger partial charge in [0.25, 0.3) is 0 Å². The predicted octanol–water partition coefficient (Wildman–Crippen LogP) is 4.39. The first-order chi connectivity index (χ1) is 9.60. The molecular formula is C15H17ClFNO2S. The molecule has 1 aromatic carbocycles. The molecule has 1 atom stereocenters. The van der Waals surface area contributed by atoms with Gasteiger partial charge in [0.2, 0.25) is 0 Å². The zero-order valence-corrected chi connectivity index (χ0v) is 13.9. The molecule has 3 nitrogen and oxygen atoms in total. The van der Waals surface area contributed by atoms with Crippen molar-refractivity contribution in [3.05, 3.63) is 34.6 Å². The van der Waals surface area contributed by atoms with Crippen molar-refractivity contribution in [1.29, 1.82) is 0 Å². The van der Waals surface area contributed by atoms with Crippen molar-refractivity contribution in [3.63, 3.8) is 0 Å². The van der Waals surface area contributed by atoms with E-state index >= 15 is 0 Å². The lowest BCUT2D eigenvalue weighted by Gasteiger charge is -2.26. The van der Waals surface area contributed by atoms with Crippen LogP contribution in [0.25, 0.3) is 0 Å². The summed E-state index contributed by atoms with van der Waals surface area (Å²) in [6, 6.07) is 4.30. The Bertz CT molecular complexity index is 594. The maximum absolute atomic E-state index is 13.6. The van der Waals surface area contributed by atoms with Crippen molar-refractivity contribution >= 4 is 34.9 Å². The number of thiocarbonyl (C=S) groups is 1. The van der Waals surface area contributed by atoms with Crippen LogP contribution in [0.5, 0.6) is 0 Å². The summed E-state index contributed by atoms with van der Waals surface area (Å²) in [7, 11) is 0. The maximum Gasteiger partial charge on any atom is 0.311 e. The SMILES string of the molecule is CC(C)(C)C(=O)OCC(C)(N=C=S)c1ccc(Cl)c(F)c1. The first kappa shape index (κ1) is 17.8. The minimum atomic E-state index is -1.01. The van der Waals surface area contributed by atoms with E-state index in [-0.39, 0.29) is 17.6 Å². The molecule has 0 aromatic heterocycles. The molecule has 114 valence electrons. The number of hydrogen-bond acceptors (Lipinski definition) is 4. The fourth-order valence-electron chi connectivity index (χ4n) is 1.53. The van der Waals surface area contributed by atoms with Gasteiger partial charge in [0.05, 0.1) is 15.6 Å². The molecule has 1 unspecified atom stereocenters. The van der Waals surface area contributed by atoms with Gasteiger partial charge in [0, 0.05) is 0 Å². The van der Waals surface area contributed by atoms with Crippen LogP contribution in [0.2, 0.25) is 5.02 Å². The fraction of sp³-hybridized carbons (Fsp3) is 0.467. The lowest BCUT2D eigenvalue weighted by atomic mass is 9.93. The summed E-state index contributed by atoms with van der Waals surface area (Å²) in [5.41, 5.74) is -1.13. The number of ether oxygens (including phenoxy) is 1. The topological polar surface area (TPSA) is 38.7 Å². The van der Waals surface area contributed by atoms with Crippen LogP contribution in [0.4, 0.5) is 4.39 Å². The lowest BCUT2D eigenvalue weighted by molar-refractivity contribution is -0.154. The third kappa shape index (κ3) is 4.60. The molecule has 0 aliphatic carbocycles. The van der Waals surface area contributed by atoms with Gasteiger partial charge >= 0.3 is 5.97 Å². The van der Waals surface area contributed by atoms with Gasteiger partial charge in [-0.15, -0.1) is 0 Å². The van der Waals surface area contributed by atoms with Crippen LogP contribution in [0.3, 0.4) is 0 Å². The Morgan fingerprint density at radius 1 is 1.43 bits per heavy atom. The zero-order chi connectivity index (χ0) is 16.3. The van der Waals surface area contributed by atoms with Gasteiger partial charge in [-0.25, -0.2) is 9.38 Å². The average Bonchev–Trinajstić information content (AvgIpc) is 2.38. The number of esters is 1. The van der Waals surface area contributed by atoms with Crippen molar-refractivity contribution < 1.29 is 13.9 Å². The number of rotatable bonds is 4. The van der Waals surface area contributed by atoms with E-state index in [4.69, 9.17) is 16.3 Å². The smallest absolute Gasteiger partial charge is 0.311 e. The van der Waals surface area contributed by atoms with Gasteiger partial charge in [-0.1, -0.05) is 17.7 Å². The summed E-state index contributed by atoms with van der Waals surface area (Å²) in [6.07, 6.45) is 0. The van der Waals surface area contributed by atoms with E-state index in [1.807, 2.05) is 0 Å².